The summed E-state index contributed by atoms with van der Waals surface area (Å²) >= 11 is 1.16. The van der Waals surface area contributed by atoms with E-state index in [0.717, 1.165) is 11.9 Å². The number of rotatable bonds is 7. The van der Waals surface area contributed by atoms with Gasteiger partial charge in [0.25, 0.3) is 5.92 Å². The molecule has 4 rings (SSSR count). The van der Waals surface area contributed by atoms with E-state index in [-0.39, 0.29) is 29.4 Å². The molecule has 2 fully saturated rings. The first-order valence-corrected chi connectivity index (χ1v) is 11.4. The minimum absolute atomic E-state index is 0.0506. The highest BCUT2D eigenvalue weighted by Crippen LogP contribution is 2.40. The Morgan fingerprint density at radius 2 is 1.94 bits per heavy atom. The number of likely N-dealkylation sites (tertiary alicyclic amines) is 1. The van der Waals surface area contributed by atoms with Gasteiger partial charge in [-0.2, -0.15) is 0 Å². The molecule has 0 spiro atoms. The predicted octanol–water partition coefficient (Wildman–Crippen LogP) is 5.06. The molecule has 31 heavy (non-hydrogen) atoms. The largest absolute Gasteiger partial charge is 0.331 e. The maximum Gasteiger partial charge on any atom is 0.283 e. The van der Waals surface area contributed by atoms with Crippen molar-refractivity contribution in [2.45, 2.75) is 44.2 Å². The number of benzene rings is 2. The highest BCUT2D eigenvalue weighted by Gasteiger charge is 2.57. The fourth-order valence-electron chi connectivity index (χ4n) is 4.12. The summed E-state index contributed by atoms with van der Waals surface area (Å²) in [5, 5.41) is 0. The zero-order chi connectivity index (χ0) is 22.2. The van der Waals surface area contributed by atoms with Crippen molar-refractivity contribution in [1.82, 2.24) is 9.62 Å². The molecule has 1 amide bonds. The summed E-state index contributed by atoms with van der Waals surface area (Å²) in [4.78, 5) is 14.0. The highest BCUT2D eigenvalue weighted by atomic mass is 32.2. The van der Waals surface area contributed by atoms with Crippen LogP contribution in [0.25, 0.3) is 11.1 Å². The molecule has 1 N–H and O–H groups in total. The van der Waals surface area contributed by atoms with Gasteiger partial charge in [0.05, 0.1) is 12.6 Å². The van der Waals surface area contributed by atoms with E-state index in [2.05, 4.69) is 4.72 Å². The van der Waals surface area contributed by atoms with E-state index in [1.54, 1.807) is 18.2 Å². The summed E-state index contributed by atoms with van der Waals surface area (Å²) in [6.45, 7) is 1.18. The molecular weight excluding hydrogens is 428 g/mol. The van der Waals surface area contributed by atoms with Gasteiger partial charge < -0.3 is 4.90 Å². The van der Waals surface area contributed by atoms with Gasteiger partial charge in [-0.15, -0.1) is 0 Å². The number of amides is 1. The lowest BCUT2D eigenvalue weighted by Crippen LogP contribution is -2.48. The standard InChI is InChI=1S/C23H24F4N2OS/c1-2-31-28-21-19(29(13-23(21,26)27)22(30)14-9-10-14)12-16-6-4-8-18(20(16)25)15-5-3-7-17(24)11-15/h3-8,11,14,19,21,28H,2,9-10,12-13H2,1H3/t19-,21+/m0/s1. The quantitative estimate of drug-likeness (QED) is 0.471. The molecule has 0 unspecified atom stereocenters. The topological polar surface area (TPSA) is 32.3 Å². The van der Waals surface area contributed by atoms with Crippen LogP contribution in [0.5, 0.6) is 0 Å². The minimum atomic E-state index is -3.12. The van der Waals surface area contributed by atoms with Gasteiger partial charge in [-0.3, -0.25) is 9.52 Å². The normalized spacial score (nSPS) is 22.7. The van der Waals surface area contributed by atoms with E-state index in [1.807, 2.05) is 6.92 Å². The van der Waals surface area contributed by atoms with Crippen LogP contribution in [0.4, 0.5) is 17.6 Å². The van der Waals surface area contributed by atoms with Crippen molar-refractivity contribution in [1.29, 1.82) is 0 Å². The van der Waals surface area contributed by atoms with Crippen LogP contribution in [0.15, 0.2) is 42.5 Å². The van der Waals surface area contributed by atoms with E-state index in [0.29, 0.717) is 24.2 Å². The van der Waals surface area contributed by atoms with E-state index in [9.17, 15) is 18.0 Å². The van der Waals surface area contributed by atoms with E-state index >= 15 is 4.39 Å². The van der Waals surface area contributed by atoms with E-state index < -0.39 is 36.2 Å². The summed E-state index contributed by atoms with van der Waals surface area (Å²) in [7, 11) is 0. The lowest BCUT2D eigenvalue weighted by atomic mass is 9.95. The molecule has 2 aromatic rings. The van der Waals surface area contributed by atoms with Crippen LogP contribution < -0.4 is 4.72 Å². The average Bonchev–Trinajstić information content (AvgIpc) is 3.54. The van der Waals surface area contributed by atoms with Gasteiger partial charge in [-0.05, 0) is 42.5 Å². The molecule has 1 saturated heterocycles. The third kappa shape index (κ3) is 4.60. The lowest BCUT2D eigenvalue weighted by Gasteiger charge is -2.28. The summed E-state index contributed by atoms with van der Waals surface area (Å²) < 4.78 is 61.5. The Bertz CT molecular complexity index is 966. The van der Waals surface area contributed by atoms with Crippen LogP contribution in [0, 0.1) is 17.6 Å². The van der Waals surface area contributed by atoms with E-state index in [1.165, 1.54) is 29.2 Å². The van der Waals surface area contributed by atoms with Crippen molar-refractivity contribution < 1.29 is 22.4 Å². The number of alkyl halides is 2. The van der Waals surface area contributed by atoms with Crippen molar-refractivity contribution in [3.05, 3.63) is 59.7 Å². The van der Waals surface area contributed by atoms with Gasteiger partial charge in [-0.1, -0.05) is 49.2 Å². The molecule has 2 atom stereocenters. The van der Waals surface area contributed by atoms with Gasteiger partial charge >= 0.3 is 0 Å². The first-order valence-electron chi connectivity index (χ1n) is 10.4. The summed E-state index contributed by atoms with van der Waals surface area (Å²) in [5.41, 5.74) is 0.804. The third-order valence-electron chi connectivity index (χ3n) is 5.83. The molecule has 166 valence electrons. The van der Waals surface area contributed by atoms with Gasteiger partial charge in [-0.25, -0.2) is 17.6 Å². The molecule has 1 aliphatic carbocycles. The molecule has 0 aromatic heterocycles. The van der Waals surface area contributed by atoms with Crippen molar-refractivity contribution in [2.24, 2.45) is 5.92 Å². The first kappa shape index (κ1) is 22.1. The van der Waals surface area contributed by atoms with Crippen molar-refractivity contribution >= 4 is 17.9 Å². The summed E-state index contributed by atoms with van der Waals surface area (Å²) in [6, 6.07) is 8.14. The predicted molar refractivity (Wildman–Crippen MR) is 114 cm³/mol. The number of nitrogens with one attached hydrogen (secondary N) is 1. The van der Waals surface area contributed by atoms with Crippen LogP contribution in [0.1, 0.15) is 25.3 Å². The van der Waals surface area contributed by atoms with Crippen LogP contribution in [-0.4, -0.2) is 41.1 Å². The van der Waals surface area contributed by atoms with Crippen LogP contribution in [0.3, 0.4) is 0 Å². The number of nitrogens with zero attached hydrogens (tertiary/aromatic N) is 1. The molecule has 2 aliphatic rings. The minimum Gasteiger partial charge on any atom is -0.331 e. The Morgan fingerprint density at radius 3 is 2.61 bits per heavy atom. The maximum atomic E-state index is 15.4. The van der Waals surface area contributed by atoms with Gasteiger partial charge in [0.15, 0.2) is 0 Å². The Balaban J connectivity index is 1.67. The smallest absolute Gasteiger partial charge is 0.283 e. The Hall–Kier alpha value is -2.06. The van der Waals surface area contributed by atoms with Gasteiger partial charge in [0, 0.05) is 17.2 Å². The zero-order valence-corrected chi connectivity index (χ0v) is 17.9. The maximum absolute atomic E-state index is 15.4. The second kappa shape index (κ2) is 8.82. The fourth-order valence-corrected chi connectivity index (χ4v) is 4.79. The van der Waals surface area contributed by atoms with Gasteiger partial charge in [0.2, 0.25) is 5.91 Å². The van der Waals surface area contributed by atoms with Crippen LogP contribution in [-0.2, 0) is 11.2 Å². The van der Waals surface area contributed by atoms with Crippen LogP contribution >= 0.6 is 11.9 Å². The van der Waals surface area contributed by atoms with Crippen molar-refractivity contribution in [3.63, 3.8) is 0 Å². The Kier molecular flexibility index (Phi) is 6.30. The SMILES string of the molecule is CCSN[C@@H]1[C@H](Cc2cccc(-c3cccc(F)c3)c2F)N(C(=O)C2CC2)CC1(F)F. The number of hydrogen-bond donors (Lipinski definition) is 1. The van der Waals surface area contributed by atoms with Crippen molar-refractivity contribution in [3.8, 4) is 11.1 Å². The molecule has 0 radical (unpaired) electrons. The number of hydrogen-bond acceptors (Lipinski definition) is 3. The molecule has 1 heterocycles. The number of carbonyl (C=O) groups excluding carboxylic acids is 1. The Labute approximate surface area is 183 Å². The second-order valence-corrected chi connectivity index (χ2v) is 9.19. The van der Waals surface area contributed by atoms with Crippen LogP contribution in [0.2, 0.25) is 0 Å². The molecule has 1 saturated carbocycles. The molecule has 2 aromatic carbocycles. The highest BCUT2D eigenvalue weighted by molar-refractivity contribution is 7.97. The molecule has 0 bridgehead atoms. The lowest BCUT2D eigenvalue weighted by molar-refractivity contribution is -0.134. The molecule has 1 aliphatic heterocycles. The molecule has 8 heteroatoms. The fraction of sp³-hybridized carbons (Fsp3) is 0.435. The van der Waals surface area contributed by atoms with E-state index in [4.69, 9.17) is 0 Å². The first-order chi connectivity index (χ1) is 14.8. The molecule has 3 nitrogen and oxygen atoms in total. The average molecular weight is 453 g/mol. The Morgan fingerprint density at radius 1 is 1.19 bits per heavy atom. The van der Waals surface area contributed by atoms with Gasteiger partial charge in [0.1, 0.15) is 17.7 Å². The second-order valence-electron chi connectivity index (χ2n) is 8.09. The third-order valence-corrected chi connectivity index (χ3v) is 6.54. The zero-order valence-electron chi connectivity index (χ0n) is 17.1. The summed E-state index contributed by atoms with van der Waals surface area (Å²) in [5.74, 6) is -4.09. The van der Waals surface area contributed by atoms with Crippen molar-refractivity contribution in [2.75, 3.05) is 12.3 Å². The summed E-state index contributed by atoms with van der Waals surface area (Å²) in [6.07, 6.45) is 1.36. The number of halogens is 4. The monoisotopic (exact) mass is 452 g/mol. The molecular formula is C23H24F4N2OS. The number of carbonyl (C=O) groups is 1.